The zero-order valence-electron chi connectivity index (χ0n) is 6.14. The minimum atomic E-state index is 0.880. The van der Waals surface area contributed by atoms with Crippen LogP contribution in [0.4, 0.5) is 0 Å². The minimum Gasteiger partial charge on any atom is -0.0882 e. The van der Waals surface area contributed by atoms with Gasteiger partial charge in [0.2, 0.25) is 0 Å². The summed E-state index contributed by atoms with van der Waals surface area (Å²) < 4.78 is 0. The zero-order valence-corrected chi connectivity index (χ0v) is 6.14. The van der Waals surface area contributed by atoms with Gasteiger partial charge >= 0.3 is 0 Å². The van der Waals surface area contributed by atoms with Crippen molar-refractivity contribution in [1.29, 1.82) is 0 Å². The van der Waals surface area contributed by atoms with Gasteiger partial charge in [-0.25, -0.2) is 0 Å². The van der Waals surface area contributed by atoms with E-state index in [9.17, 15) is 0 Å². The van der Waals surface area contributed by atoms with Crippen molar-refractivity contribution in [2.75, 3.05) is 0 Å². The van der Waals surface area contributed by atoms with Gasteiger partial charge in [0.1, 0.15) is 0 Å². The second kappa shape index (κ2) is 3.71. The number of allylic oxidation sites excluding steroid dienone is 2. The lowest BCUT2D eigenvalue weighted by atomic mass is 10.0. The summed E-state index contributed by atoms with van der Waals surface area (Å²) in [6, 6.07) is 0. The molecule has 0 heterocycles. The van der Waals surface area contributed by atoms with E-state index in [1.807, 2.05) is 0 Å². The van der Waals surface area contributed by atoms with Gasteiger partial charge in [0.15, 0.2) is 0 Å². The fraction of sp³-hybridized carbons (Fsp3) is 0.667. The van der Waals surface area contributed by atoms with E-state index in [1.165, 1.54) is 25.7 Å². The largest absolute Gasteiger partial charge is 0.0882 e. The Hall–Kier alpha value is -0.260. The highest BCUT2D eigenvalue weighted by atomic mass is 14.1. The molecule has 9 heavy (non-hydrogen) atoms. The average molecular weight is 123 g/mol. The standard InChI is InChI=1S/C9H15/c1-2-3-6-9-7-4-5-8-9/h4-6,9H,2-3,7-8H2,1H3. The number of hydrogen-bond donors (Lipinski definition) is 0. The number of hydrogen-bond acceptors (Lipinski definition) is 0. The highest BCUT2D eigenvalue weighted by molar-refractivity contribution is 4.98. The maximum Gasteiger partial charge on any atom is -0.0314 e. The summed E-state index contributed by atoms with van der Waals surface area (Å²) in [6.45, 7) is 2.24. The van der Waals surface area contributed by atoms with Crippen LogP contribution in [0.25, 0.3) is 0 Å². The number of rotatable bonds is 3. The van der Waals surface area contributed by atoms with Crippen LogP contribution in [0, 0.1) is 12.3 Å². The van der Waals surface area contributed by atoms with E-state index in [0.29, 0.717) is 0 Å². The normalized spacial score (nSPS) is 19.2. The fourth-order valence-electron chi connectivity index (χ4n) is 1.23. The maximum absolute atomic E-state index is 2.46. The molecule has 0 atom stereocenters. The number of unbranched alkanes of at least 4 members (excludes halogenated alkanes) is 1. The third kappa shape index (κ3) is 2.21. The van der Waals surface area contributed by atoms with Crippen molar-refractivity contribution < 1.29 is 0 Å². The summed E-state index contributed by atoms with van der Waals surface area (Å²) in [4.78, 5) is 0. The third-order valence-corrected chi connectivity index (χ3v) is 1.83. The molecule has 51 valence electrons. The van der Waals surface area contributed by atoms with Gasteiger partial charge in [0, 0.05) is 0 Å². The van der Waals surface area contributed by atoms with Crippen LogP contribution >= 0.6 is 0 Å². The van der Waals surface area contributed by atoms with Gasteiger partial charge in [-0.1, -0.05) is 31.9 Å². The van der Waals surface area contributed by atoms with Crippen LogP contribution in [0.1, 0.15) is 32.6 Å². The Labute approximate surface area is 58.0 Å². The quantitative estimate of drug-likeness (QED) is 0.506. The lowest BCUT2D eigenvalue weighted by Crippen LogP contribution is -1.93. The van der Waals surface area contributed by atoms with E-state index in [4.69, 9.17) is 0 Å². The summed E-state index contributed by atoms with van der Waals surface area (Å²) in [5.41, 5.74) is 0. The molecule has 0 spiro atoms. The van der Waals surface area contributed by atoms with Gasteiger partial charge in [-0.15, -0.1) is 0 Å². The molecule has 1 radical (unpaired) electrons. The van der Waals surface area contributed by atoms with Gasteiger partial charge in [-0.05, 0) is 25.2 Å². The van der Waals surface area contributed by atoms with Gasteiger partial charge in [-0.3, -0.25) is 0 Å². The van der Waals surface area contributed by atoms with Crippen molar-refractivity contribution in [2.45, 2.75) is 32.6 Å². The van der Waals surface area contributed by atoms with E-state index in [1.54, 1.807) is 0 Å². The molecule has 0 nitrogen and oxygen atoms in total. The van der Waals surface area contributed by atoms with Crippen molar-refractivity contribution in [3.63, 3.8) is 0 Å². The van der Waals surface area contributed by atoms with Gasteiger partial charge in [0.25, 0.3) is 0 Å². The lowest BCUT2D eigenvalue weighted by molar-refractivity contribution is 0.619. The van der Waals surface area contributed by atoms with Crippen molar-refractivity contribution in [3.8, 4) is 0 Å². The fourth-order valence-corrected chi connectivity index (χ4v) is 1.23. The molecule has 0 unspecified atom stereocenters. The monoisotopic (exact) mass is 123 g/mol. The first-order valence-electron chi connectivity index (χ1n) is 3.92. The molecule has 0 bridgehead atoms. The summed E-state index contributed by atoms with van der Waals surface area (Å²) >= 11 is 0. The predicted octanol–water partition coefficient (Wildman–Crippen LogP) is 2.96. The molecule has 0 aromatic rings. The molecular formula is C9H15. The van der Waals surface area contributed by atoms with Crippen LogP contribution in [-0.2, 0) is 0 Å². The Morgan fingerprint density at radius 3 is 2.67 bits per heavy atom. The maximum atomic E-state index is 2.46. The molecule has 0 amide bonds. The first-order valence-corrected chi connectivity index (χ1v) is 3.92. The highest BCUT2D eigenvalue weighted by Gasteiger charge is 2.08. The molecule has 0 aromatic carbocycles. The summed E-state index contributed by atoms with van der Waals surface area (Å²) in [7, 11) is 0. The second-order valence-corrected chi connectivity index (χ2v) is 2.73. The molecule has 0 saturated heterocycles. The molecule has 1 aliphatic carbocycles. The molecule has 0 heteroatoms. The first kappa shape index (κ1) is 6.85. The van der Waals surface area contributed by atoms with Crippen LogP contribution in [0.2, 0.25) is 0 Å². The zero-order chi connectivity index (χ0) is 6.53. The summed E-state index contributed by atoms with van der Waals surface area (Å²) in [6.07, 6.45) is 12.2. The van der Waals surface area contributed by atoms with Crippen LogP contribution < -0.4 is 0 Å². The highest BCUT2D eigenvalue weighted by Crippen LogP contribution is 2.21. The van der Waals surface area contributed by atoms with Crippen LogP contribution in [0.3, 0.4) is 0 Å². The van der Waals surface area contributed by atoms with Gasteiger partial charge < -0.3 is 0 Å². The van der Waals surface area contributed by atoms with E-state index in [2.05, 4.69) is 25.5 Å². The van der Waals surface area contributed by atoms with E-state index < -0.39 is 0 Å². The van der Waals surface area contributed by atoms with Crippen LogP contribution in [0.15, 0.2) is 12.2 Å². The Balaban J connectivity index is 2.01. The molecule has 0 N–H and O–H groups in total. The Morgan fingerprint density at radius 1 is 1.44 bits per heavy atom. The Bertz CT molecular complexity index is 84.2. The average Bonchev–Trinajstić information content (AvgIpc) is 2.34. The lowest BCUT2D eigenvalue weighted by Gasteiger charge is -2.05. The molecule has 0 fully saturated rings. The summed E-state index contributed by atoms with van der Waals surface area (Å²) in [5, 5.41) is 0. The summed E-state index contributed by atoms with van der Waals surface area (Å²) in [5.74, 6) is 0.880. The van der Waals surface area contributed by atoms with E-state index >= 15 is 0 Å². The molecule has 1 rings (SSSR count). The predicted molar refractivity (Wildman–Crippen MR) is 41.1 cm³/mol. The first-order chi connectivity index (χ1) is 4.43. The van der Waals surface area contributed by atoms with E-state index in [0.717, 1.165) is 5.92 Å². The molecule has 1 aliphatic rings. The van der Waals surface area contributed by atoms with E-state index in [-0.39, 0.29) is 0 Å². The second-order valence-electron chi connectivity index (χ2n) is 2.73. The van der Waals surface area contributed by atoms with Crippen LogP contribution in [-0.4, -0.2) is 0 Å². The van der Waals surface area contributed by atoms with Gasteiger partial charge in [0.05, 0.1) is 0 Å². The van der Waals surface area contributed by atoms with Crippen molar-refractivity contribution >= 4 is 0 Å². The third-order valence-electron chi connectivity index (χ3n) is 1.83. The van der Waals surface area contributed by atoms with Crippen molar-refractivity contribution in [2.24, 2.45) is 5.92 Å². The molecular weight excluding hydrogens is 108 g/mol. The molecule has 0 saturated carbocycles. The smallest absolute Gasteiger partial charge is 0.0314 e. The van der Waals surface area contributed by atoms with Gasteiger partial charge in [-0.2, -0.15) is 0 Å². The van der Waals surface area contributed by atoms with Crippen molar-refractivity contribution in [3.05, 3.63) is 18.6 Å². The molecule has 0 aliphatic heterocycles. The minimum absolute atomic E-state index is 0.880. The Morgan fingerprint density at radius 2 is 2.11 bits per heavy atom. The van der Waals surface area contributed by atoms with Crippen molar-refractivity contribution in [1.82, 2.24) is 0 Å². The molecule has 0 aromatic heterocycles. The Kier molecular flexibility index (Phi) is 2.82. The van der Waals surface area contributed by atoms with Crippen LogP contribution in [0.5, 0.6) is 0 Å². The topological polar surface area (TPSA) is 0 Å². The SMILES string of the molecule is CCC[CH]C1CC=CC1.